The van der Waals surface area contributed by atoms with Crippen LogP contribution in [0.25, 0.3) is 0 Å². The average Bonchev–Trinajstić information content (AvgIpc) is 3.21. The maximum Gasteiger partial charge on any atom is 0.220 e. The lowest BCUT2D eigenvalue weighted by molar-refractivity contribution is -0.121. The Morgan fingerprint density at radius 2 is 2.03 bits per heavy atom. The summed E-state index contributed by atoms with van der Waals surface area (Å²) in [6.07, 6.45) is 6.16. The largest absolute Gasteiger partial charge is 0.497 e. The molecule has 0 aliphatic carbocycles. The molecule has 0 unspecified atom stereocenters. The molecule has 1 aromatic carbocycles. The predicted octanol–water partition coefficient (Wildman–Crippen LogP) is 3.43. The van der Waals surface area contributed by atoms with Crippen molar-refractivity contribution in [2.24, 2.45) is 5.92 Å². The molecule has 0 saturated carbocycles. The van der Waals surface area contributed by atoms with Gasteiger partial charge in [-0.15, -0.1) is 0 Å². The van der Waals surface area contributed by atoms with E-state index in [2.05, 4.69) is 22.0 Å². The molecule has 1 atom stereocenters. The maximum absolute atomic E-state index is 14.0. The molecule has 3 rings (SSSR count). The van der Waals surface area contributed by atoms with Crippen LogP contribution in [0.4, 0.5) is 4.39 Å². The molecule has 0 aromatic heterocycles. The van der Waals surface area contributed by atoms with Crippen molar-refractivity contribution in [2.45, 2.75) is 58.0 Å². The molecule has 2 aliphatic heterocycles. The topological polar surface area (TPSA) is 44.8 Å². The van der Waals surface area contributed by atoms with Gasteiger partial charge in [0, 0.05) is 31.1 Å². The molecule has 0 radical (unpaired) electrons. The number of carbonyl (C=O) groups is 1. The van der Waals surface area contributed by atoms with Crippen LogP contribution in [0.5, 0.6) is 5.75 Å². The normalized spacial score (nSPS) is 21.4. The highest BCUT2D eigenvalue weighted by atomic mass is 19.1. The first-order valence-electron chi connectivity index (χ1n) is 11.1. The lowest BCUT2D eigenvalue weighted by atomic mass is 9.92. The van der Waals surface area contributed by atoms with Crippen molar-refractivity contribution in [1.29, 1.82) is 0 Å². The van der Waals surface area contributed by atoms with Gasteiger partial charge >= 0.3 is 0 Å². The molecule has 29 heavy (non-hydrogen) atoms. The van der Waals surface area contributed by atoms with Gasteiger partial charge in [0.05, 0.1) is 7.11 Å². The highest BCUT2D eigenvalue weighted by Crippen LogP contribution is 2.25. The number of ether oxygens (including phenoxy) is 1. The van der Waals surface area contributed by atoms with Crippen molar-refractivity contribution >= 4 is 5.91 Å². The third-order valence-corrected chi connectivity index (χ3v) is 6.57. The van der Waals surface area contributed by atoms with Crippen LogP contribution in [0.1, 0.15) is 51.0 Å². The van der Waals surface area contributed by atoms with Crippen LogP contribution >= 0.6 is 0 Å². The van der Waals surface area contributed by atoms with Crippen LogP contribution in [-0.2, 0) is 11.3 Å². The van der Waals surface area contributed by atoms with Crippen LogP contribution in [0.3, 0.4) is 0 Å². The van der Waals surface area contributed by atoms with E-state index in [1.807, 2.05) is 0 Å². The summed E-state index contributed by atoms with van der Waals surface area (Å²) in [5.74, 6) is 1.30. The van der Waals surface area contributed by atoms with E-state index < -0.39 is 0 Å². The highest BCUT2D eigenvalue weighted by molar-refractivity contribution is 5.75. The first-order chi connectivity index (χ1) is 14.1. The third kappa shape index (κ3) is 6.41. The average molecular weight is 406 g/mol. The van der Waals surface area contributed by atoms with Gasteiger partial charge < -0.3 is 10.1 Å². The standard InChI is InChI=1S/C23H36FN3O2/c1-3-27-12-4-5-20(27)16-25-23(28)9-6-18-10-13-26(14-11-18)17-19-15-21(29-2)7-8-22(19)24/h7-8,15,18,20H,3-6,9-14,16-17H2,1-2H3,(H,25,28)/t20-/m0/s1. The zero-order valence-corrected chi connectivity index (χ0v) is 18.0. The number of likely N-dealkylation sites (N-methyl/N-ethyl adjacent to an activating group) is 1. The van der Waals surface area contributed by atoms with Gasteiger partial charge in [0.1, 0.15) is 11.6 Å². The second-order valence-electron chi connectivity index (χ2n) is 8.44. The fourth-order valence-corrected chi connectivity index (χ4v) is 4.67. The smallest absolute Gasteiger partial charge is 0.220 e. The van der Waals surface area contributed by atoms with Gasteiger partial charge in [0.15, 0.2) is 0 Å². The molecule has 2 saturated heterocycles. The second kappa shape index (κ2) is 10.9. The number of methoxy groups -OCH3 is 1. The van der Waals surface area contributed by atoms with E-state index in [0.717, 1.165) is 52.0 Å². The maximum atomic E-state index is 14.0. The Morgan fingerprint density at radius 3 is 2.76 bits per heavy atom. The number of halogens is 1. The predicted molar refractivity (Wildman–Crippen MR) is 113 cm³/mol. The first kappa shape index (κ1) is 22.0. The molecular formula is C23H36FN3O2. The second-order valence-corrected chi connectivity index (χ2v) is 8.44. The van der Waals surface area contributed by atoms with Crippen LogP contribution in [-0.4, -0.2) is 61.6 Å². The van der Waals surface area contributed by atoms with Crippen molar-refractivity contribution in [1.82, 2.24) is 15.1 Å². The molecule has 162 valence electrons. The lowest BCUT2D eigenvalue weighted by Gasteiger charge is -2.32. The van der Waals surface area contributed by atoms with Gasteiger partial charge in [0.25, 0.3) is 0 Å². The lowest BCUT2D eigenvalue weighted by Crippen LogP contribution is -2.40. The van der Waals surface area contributed by atoms with E-state index in [0.29, 0.717) is 36.2 Å². The van der Waals surface area contributed by atoms with E-state index in [1.165, 1.54) is 18.9 Å². The fraction of sp³-hybridized carbons (Fsp3) is 0.696. The first-order valence-corrected chi connectivity index (χ1v) is 11.1. The molecule has 5 nitrogen and oxygen atoms in total. The number of hydrogen-bond acceptors (Lipinski definition) is 4. The van der Waals surface area contributed by atoms with Gasteiger partial charge in [-0.05, 0) is 82.4 Å². The minimum absolute atomic E-state index is 0.173. The number of piperidine rings is 1. The van der Waals surface area contributed by atoms with E-state index in [1.54, 1.807) is 19.2 Å². The van der Waals surface area contributed by atoms with E-state index in [4.69, 9.17) is 4.74 Å². The number of carbonyl (C=O) groups excluding carboxylic acids is 1. The zero-order valence-electron chi connectivity index (χ0n) is 18.0. The summed E-state index contributed by atoms with van der Waals surface area (Å²) in [7, 11) is 1.60. The number of amides is 1. The molecule has 1 amide bonds. The number of nitrogens with one attached hydrogen (secondary N) is 1. The molecular weight excluding hydrogens is 369 g/mol. The Morgan fingerprint density at radius 1 is 1.24 bits per heavy atom. The van der Waals surface area contributed by atoms with Gasteiger partial charge in [-0.3, -0.25) is 14.6 Å². The van der Waals surface area contributed by atoms with E-state index in [-0.39, 0.29) is 11.7 Å². The Balaban J connectivity index is 1.34. The number of nitrogens with zero attached hydrogens (tertiary/aromatic N) is 2. The summed E-state index contributed by atoms with van der Waals surface area (Å²) in [5.41, 5.74) is 0.690. The zero-order chi connectivity index (χ0) is 20.6. The fourth-order valence-electron chi connectivity index (χ4n) is 4.67. The number of hydrogen-bond donors (Lipinski definition) is 1. The van der Waals surface area contributed by atoms with Crippen LogP contribution in [0.2, 0.25) is 0 Å². The minimum Gasteiger partial charge on any atom is -0.497 e. The van der Waals surface area contributed by atoms with Gasteiger partial charge in [-0.2, -0.15) is 0 Å². The molecule has 2 aliphatic rings. The quantitative estimate of drug-likeness (QED) is 0.684. The van der Waals surface area contributed by atoms with Gasteiger partial charge in [-0.25, -0.2) is 4.39 Å². The Kier molecular flexibility index (Phi) is 8.30. The molecule has 1 N–H and O–H groups in total. The molecule has 6 heteroatoms. The molecule has 0 bridgehead atoms. The van der Waals surface area contributed by atoms with Crippen molar-refractivity contribution in [3.05, 3.63) is 29.6 Å². The summed E-state index contributed by atoms with van der Waals surface area (Å²) in [6, 6.07) is 5.44. The SMILES string of the molecule is CCN1CCC[C@H]1CNC(=O)CCC1CCN(Cc2cc(OC)ccc2F)CC1. The number of likely N-dealkylation sites (tertiary alicyclic amines) is 2. The van der Waals surface area contributed by atoms with Crippen molar-refractivity contribution in [3.8, 4) is 5.75 Å². The minimum atomic E-state index is -0.173. The van der Waals surface area contributed by atoms with Crippen LogP contribution in [0, 0.1) is 11.7 Å². The molecule has 0 spiro atoms. The number of benzene rings is 1. The monoisotopic (exact) mass is 405 g/mol. The summed E-state index contributed by atoms with van der Waals surface area (Å²) in [5, 5.41) is 3.14. The summed E-state index contributed by atoms with van der Waals surface area (Å²) >= 11 is 0. The van der Waals surface area contributed by atoms with Crippen LogP contribution < -0.4 is 10.1 Å². The third-order valence-electron chi connectivity index (χ3n) is 6.57. The van der Waals surface area contributed by atoms with Crippen molar-refractivity contribution in [2.75, 3.05) is 39.8 Å². The molecule has 2 heterocycles. The molecule has 1 aromatic rings. The van der Waals surface area contributed by atoms with Crippen molar-refractivity contribution in [3.63, 3.8) is 0 Å². The van der Waals surface area contributed by atoms with Gasteiger partial charge in [-0.1, -0.05) is 6.92 Å². The number of rotatable bonds is 9. The Bertz CT molecular complexity index is 662. The van der Waals surface area contributed by atoms with E-state index >= 15 is 0 Å². The summed E-state index contributed by atoms with van der Waals surface area (Å²) in [4.78, 5) is 17.0. The Labute approximate surface area is 174 Å². The van der Waals surface area contributed by atoms with Crippen molar-refractivity contribution < 1.29 is 13.9 Å². The summed E-state index contributed by atoms with van der Waals surface area (Å²) in [6.45, 7) is 7.74. The summed E-state index contributed by atoms with van der Waals surface area (Å²) < 4.78 is 19.3. The van der Waals surface area contributed by atoms with E-state index in [9.17, 15) is 9.18 Å². The highest BCUT2D eigenvalue weighted by Gasteiger charge is 2.24. The van der Waals surface area contributed by atoms with Gasteiger partial charge in [0.2, 0.25) is 5.91 Å². The van der Waals surface area contributed by atoms with Crippen LogP contribution in [0.15, 0.2) is 18.2 Å². The Hall–Kier alpha value is -1.66. The molecule has 2 fully saturated rings.